The minimum Gasteiger partial charge on any atom is -0.385 e. The zero-order chi connectivity index (χ0) is 10.8. The number of halogens is 1. The summed E-state index contributed by atoms with van der Waals surface area (Å²) in [7, 11) is 0. The standard InChI is InChI=1S/C11H16BrNO/c1-8(7-13)11(2,14)9-5-3-4-6-10(9)12/h3-6,8,14H,7,13H2,1-2H3. The maximum atomic E-state index is 10.3. The summed E-state index contributed by atoms with van der Waals surface area (Å²) in [5.74, 6) is 0.0289. The van der Waals surface area contributed by atoms with Crippen molar-refractivity contribution in [3.63, 3.8) is 0 Å². The third kappa shape index (κ3) is 2.16. The van der Waals surface area contributed by atoms with Crippen LogP contribution < -0.4 is 5.73 Å². The lowest BCUT2D eigenvalue weighted by atomic mass is 9.84. The van der Waals surface area contributed by atoms with E-state index in [1.54, 1.807) is 6.92 Å². The Morgan fingerprint density at radius 1 is 1.50 bits per heavy atom. The summed E-state index contributed by atoms with van der Waals surface area (Å²) in [6.07, 6.45) is 0. The van der Waals surface area contributed by atoms with Gasteiger partial charge in [-0.15, -0.1) is 0 Å². The molecule has 14 heavy (non-hydrogen) atoms. The number of hydrogen-bond donors (Lipinski definition) is 2. The van der Waals surface area contributed by atoms with Gasteiger partial charge in [-0.3, -0.25) is 0 Å². The van der Waals surface area contributed by atoms with Gasteiger partial charge in [0.05, 0.1) is 5.60 Å². The van der Waals surface area contributed by atoms with Crippen LogP contribution in [0.2, 0.25) is 0 Å². The molecule has 1 rings (SSSR count). The van der Waals surface area contributed by atoms with Crippen molar-refractivity contribution < 1.29 is 5.11 Å². The molecule has 0 spiro atoms. The lowest BCUT2D eigenvalue weighted by Crippen LogP contribution is -2.35. The van der Waals surface area contributed by atoms with Crippen LogP contribution in [-0.4, -0.2) is 11.7 Å². The first-order chi connectivity index (χ1) is 6.50. The fraction of sp³-hybridized carbons (Fsp3) is 0.455. The van der Waals surface area contributed by atoms with Gasteiger partial charge < -0.3 is 10.8 Å². The molecule has 2 nitrogen and oxygen atoms in total. The molecular formula is C11H16BrNO. The third-order valence-corrected chi connectivity index (χ3v) is 3.42. The van der Waals surface area contributed by atoms with Crippen molar-refractivity contribution in [3.8, 4) is 0 Å². The maximum Gasteiger partial charge on any atom is 0.0916 e. The van der Waals surface area contributed by atoms with Crippen molar-refractivity contribution in [1.82, 2.24) is 0 Å². The molecule has 3 heteroatoms. The predicted octanol–water partition coefficient (Wildman–Crippen LogP) is 2.25. The van der Waals surface area contributed by atoms with Crippen molar-refractivity contribution in [3.05, 3.63) is 34.3 Å². The molecule has 0 bridgehead atoms. The zero-order valence-corrected chi connectivity index (χ0v) is 10.1. The smallest absolute Gasteiger partial charge is 0.0916 e. The molecule has 1 aromatic carbocycles. The molecule has 0 amide bonds. The summed E-state index contributed by atoms with van der Waals surface area (Å²) in [4.78, 5) is 0. The molecule has 3 N–H and O–H groups in total. The molecule has 0 fully saturated rings. The number of rotatable bonds is 3. The summed E-state index contributed by atoms with van der Waals surface area (Å²) in [6, 6.07) is 7.68. The van der Waals surface area contributed by atoms with Gasteiger partial charge in [0.1, 0.15) is 0 Å². The van der Waals surface area contributed by atoms with Crippen LogP contribution >= 0.6 is 15.9 Å². The largest absolute Gasteiger partial charge is 0.385 e. The number of hydrogen-bond acceptors (Lipinski definition) is 2. The van der Waals surface area contributed by atoms with E-state index in [0.29, 0.717) is 6.54 Å². The summed E-state index contributed by atoms with van der Waals surface area (Å²) in [5, 5.41) is 10.3. The first-order valence-corrected chi connectivity index (χ1v) is 5.47. The van der Waals surface area contributed by atoms with Crippen LogP contribution in [-0.2, 0) is 5.60 Å². The van der Waals surface area contributed by atoms with Gasteiger partial charge in [0, 0.05) is 10.4 Å². The average molecular weight is 258 g/mol. The Morgan fingerprint density at radius 2 is 2.07 bits per heavy atom. The van der Waals surface area contributed by atoms with Crippen molar-refractivity contribution in [2.45, 2.75) is 19.4 Å². The van der Waals surface area contributed by atoms with Crippen molar-refractivity contribution >= 4 is 15.9 Å². The van der Waals surface area contributed by atoms with E-state index in [2.05, 4.69) is 15.9 Å². The van der Waals surface area contributed by atoms with Gasteiger partial charge in [-0.1, -0.05) is 41.1 Å². The highest BCUT2D eigenvalue weighted by molar-refractivity contribution is 9.10. The molecule has 0 aliphatic heterocycles. The molecule has 1 aromatic rings. The SMILES string of the molecule is CC(CN)C(C)(O)c1ccccc1Br. The van der Waals surface area contributed by atoms with Crippen LogP contribution in [0.25, 0.3) is 0 Å². The van der Waals surface area contributed by atoms with Crippen LogP contribution in [0.5, 0.6) is 0 Å². The molecule has 0 aliphatic carbocycles. The second kappa shape index (κ2) is 4.43. The second-order valence-electron chi connectivity index (χ2n) is 3.76. The Labute approximate surface area is 93.3 Å². The van der Waals surface area contributed by atoms with Gasteiger partial charge >= 0.3 is 0 Å². The summed E-state index contributed by atoms with van der Waals surface area (Å²) < 4.78 is 0.922. The third-order valence-electron chi connectivity index (χ3n) is 2.73. The van der Waals surface area contributed by atoms with Gasteiger partial charge in [0.15, 0.2) is 0 Å². The molecule has 2 atom stereocenters. The van der Waals surface area contributed by atoms with E-state index < -0.39 is 5.60 Å². The van der Waals surface area contributed by atoms with Gasteiger partial charge in [0.25, 0.3) is 0 Å². The van der Waals surface area contributed by atoms with Gasteiger partial charge in [-0.05, 0) is 25.1 Å². The zero-order valence-electron chi connectivity index (χ0n) is 8.50. The lowest BCUT2D eigenvalue weighted by Gasteiger charge is -2.30. The lowest BCUT2D eigenvalue weighted by molar-refractivity contribution is 0.00452. The fourth-order valence-electron chi connectivity index (χ4n) is 1.37. The van der Waals surface area contributed by atoms with Gasteiger partial charge in [-0.25, -0.2) is 0 Å². The maximum absolute atomic E-state index is 10.3. The molecule has 0 radical (unpaired) electrons. The Hall–Kier alpha value is -0.380. The van der Waals surface area contributed by atoms with Crippen LogP contribution in [0.4, 0.5) is 0 Å². The Balaban J connectivity index is 3.09. The molecular weight excluding hydrogens is 242 g/mol. The Bertz CT molecular complexity index is 312. The van der Waals surface area contributed by atoms with Crippen molar-refractivity contribution in [2.24, 2.45) is 11.7 Å². The highest BCUT2D eigenvalue weighted by Gasteiger charge is 2.30. The van der Waals surface area contributed by atoms with Crippen LogP contribution in [0, 0.1) is 5.92 Å². The van der Waals surface area contributed by atoms with Crippen LogP contribution in [0.1, 0.15) is 19.4 Å². The highest BCUT2D eigenvalue weighted by atomic mass is 79.9. The molecule has 0 aromatic heterocycles. The fourth-order valence-corrected chi connectivity index (χ4v) is 2.05. The quantitative estimate of drug-likeness (QED) is 0.873. The van der Waals surface area contributed by atoms with Crippen molar-refractivity contribution in [1.29, 1.82) is 0 Å². The van der Waals surface area contributed by atoms with Crippen LogP contribution in [0.15, 0.2) is 28.7 Å². The molecule has 78 valence electrons. The summed E-state index contributed by atoms with van der Waals surface area (Å²) in [5.41, 5.74) is 5.58. The predicted molar refractivity (Wildman–Crippen MR) is 61.9 cm³/mol. The average Bonchev–Trinajstić information content (AvgIpc) is 2.17. The number of nitrogens with two attached hydrogens (primary N) is 1. The molecule has 0 heterocycles. The molecule has 0 saturated carbocycles. The molecule has 0 aliphatic rings. The monoisotopic (exact) mass is 257 g/mol. The van der Waals surface area contributed by atoms with Gasteiger partial charge in [-0.2, -0.15) is 0 Å². The van der Waals surface area contributed by atoms with Crippen molar-refractivity contribution in [2.75, 3.05) is 6.54 Å². The van der Waals surface area contributed by atoms with E-state index in [-0.39, 0.29) is 5.92 Å². The van der Waals surface area contributed by atoms with E-state index in [1.165, 1.54) is 0 Å². The Kier molecular flexibility index (Phi) is 3.70. The van der Waals surface area contributed by atoms with Crippen LogP contribution in [0.3, 0.4) is 0 Å². The van der Waals surface area contributed by atoms with E-state index in [0.717, 1.165) is 10.0 Å². The number of aliphatic hydroxyl groups is 1. The minimum atomic E-state index is -0.880. The first-order valence-electron chi connectivity index (χ1n) is 4.67. The van der Waals surface area contributed by atoms with E-state index in [1.807, 2.05) is 31.2 Å². The number of benzene rings is 1. The summed E-state index contributed by atoms with van der Waals surface area (Å²) >= 11 is 3.43. The molecule has 0 saturated heterocycles. The summed E-state index contributed by atoms with van der Waals surface area (Å²) in [6.45, 7) is 4.21. The second-order valence-corrected chi connectivity index (χ2v) is 4.62. The minimum absolute atomic E-state index is 0.0289. The molecule has 2 unspecified atom stereocenters. The first kappa shape index (κ1) is 11.7. The van der Waals surface area contributed by atoms with E-state index in [9.17, 15) is 5.11 Å². The normalized spacial score (nSPS) is 17.5. The van der Waals surface area contributed by atoms with E-state index >= 15 is 0 Å². The van der Waals surface area contributed by atoms with E-state index in [4.69, 9.17) is 5.73 Å². The topological polar surface area (TPSA) is 46.2 Å². The highest BCUT2D eigenvalue weighted by Crippen LogP contribution is 2.33. The Morgan fingerprint density at radius 3 is 2.57 bits per heavy atom. The van der Waals surface area contributed by atoms with Gasteiger partial charge in [0.2, 0.25) is 0 Å².